The maximum atomic E-state index is 13.9. The molecule has 6 nitrogen and oxygen atoms in total. The van der Waals surface area contributed by atoms with Crippen molar-refractivity contribution in [3.05, 3.63) is 65.4 Å². The molecule has 1 aromatic heterocycles. The molecule has 0 radical (unpaired) electrons. The van der Waals surface area contributed by atoms with Crippen LogP contribution >= 0.6 is 0 Å². The number of pyridine rings is 1. The number of para-hydroxylation sites is 1. The van der Waals surface area contributed by atoms with Crippen LogP contribution in [0.2, 0.25) is 0 Å². The number of nitrogens with zero attached hydrogens (tertiary/aromatic N) is 1. The summed E-state index contributed by atoms with van der Waals surface area (Å²) in [4.78, 5) is 26.5. The van der Waals surface area contributed by atoms with Gasteiger partial charge in [-0.05, 0) is 18.2 Å². The minimum Gasteiger partial charge on any atom is -0.478 e. The van der Waals surface area contributed by atoms with Gasteiger partial charge in [0.2, 0.25) is 0 Å². The molecular weight excluding hydrogens is 334 g/mol. The van der Waals surface area contributed by atoms with E-state index in [2.05, 4.69) is 10.3 Å². The molecule has 0 amide bonds. The first-order chi connectivity index (χ1) is 11.9. The minimum atomic E-state index is -1.38. The number of carboxylic acids is 2. The van der Waals surface area contributed by atoms with E-state index in [0.717, 1.165) is 12.3 Å². The number of carbonyl (C=O) groups is 2. The van der Waals surface area contributed by atoms with Gasteiger partial charge in [-0.3, -0.25) is 4.98 Å². The molecule has 0 unspecified atom stereocenters. The summed E-state index contributed by atoms with van der Waals surface area (Å²) in [5, 5.41) is 21.1. The van der Waals surface area contributed by atoms with Gasteiger partial charge >= 0.3 is 11.9 Å². The quantitative estimate of drug-likeness (QED) is 0.668. The lowest BCUT2D eigenvalue weighted by Gasteiger charge is -2.14. The topological polar surface area (TPSA) is 99.5 Å². The second-order valence-electron chi connectivity index (χ2n) is 5.11. The zero-order valence-electron chi connectivity index (χ0n) is 12.5. The molecule has 0 fully saturated rings. The van der Waals surface area contributed by atoms with Crippen LogP contribution in [-0.2, 0) is 0 Å². The molecule has 0 saturated heterocycles. The molecule has 25 heavy (non-hydrogen) atoms. The van der Waals surface area contributed by atoms with Crippen molar-refractivity contribution in [1.82, 2.24) is 4.98 Å². The molecule has 0 aliphatic heterocycles. The number of fused-ring (bicyclic) bond motifs is 1. The van der Waals surface area contributed by atoms with Gasteiger partial charge in [-0.25, -0.2) is 18.4 Å². The second-order valence-corrected chi connectivity index (χ2v) is 5.11. The fourth-order valence-electron chi connectivity index (χ4n) is 2.44. The Bertz CT molecular complexity index is 1020. The molecule has 3 rings (SSSR count). The Morgan fingerprint density at radius 1 is 1.00 bits per heavy atom. The fraction of sp³-hybridized carbons (Fsp3) is 0. The Morgan fingerprint density at radius 3 is 2.36 bits per heavy atom. The van der Waals surface area contributed by atoms with Crippen LogP contribution in [0.1, 0.15) is 20.7 Å². The number of rotatable bonds is 4. The summed E-state index contributed by atoms with van der Waals surface area (Å²) >= 11 is 0. The first-order valence-electron chi connectivity index (χ1n) is 6.99. The van der Waals surface area contributed by atoms with Gasteiger partial charge in [-0.1, -0.05) is 12.1 Å². The minimum absolute atomic E-state index is 0.0784. The number of carboxylic acid groups (broad SMARTS) is 2. The molecule has 0 aliphatic rings. The van der Waals surface area contributed by atoms with Crippen LogP contribution in [-0.4, -0.2) is 27.1 Å². The van der Waals surface area contributed by atoms with Crippen LogP contribution in [0.4, 0.5) is 20.2 Å². The number of aromatic nitrogens is 1. The Labute approximate surface area is 139 Å². The maximum absolute atomic E-state index is 13.9. The van der Waals surface area contributed by atoms with Gasteiger partial charge < -0.3 is 15.5 Å². The lowest BCUT2D eigenvalue weighted by molar-refractivity contribution is 0.0687. The molecule has 3 aromatic rings. The Morgan fingerprint density at radius 2 is 1.68 bits per heavy atom. The third-order valence-electron chi connectivity index (χ3n) is 3.54. The third-order valence-corrected chi connectivity index (χ3v) is 3.54. The van der Waals surface area contributed by atoms with E-state index in [4.69, 9.17) is 0 Å². The molecule has 1 heterocycles. The zero-order chi connectivity index (χ0) is 18.1. The molecule has 8 heteroatoms. The van der Waals surface area contributed by atoms with E-state index < -0.39 is 23.6 Å². The number of halogens is 2. The van der Waals surface area contributed by atoms with Crippen molar-refractivity contribution in [2.24, 2.45) is 0 Å². The summed E-state index contributed by atoms with van der Waals surface area (Å²) in [6, 6.07) is 7.33. The SMILES string of the molecule is O=C(O)c1ccccc1Nc1c(C(=O)O)cnc2c(F)cc(F)cc12. The molecule has 0 spiro atoms. The van der Waals surface area contributed by atoms with Crippen molar-refractivity contribution in [1.29, 1.82) is 0 Å². The molecule has 0 bridgehead atoms. The van der Waals surface area contributed by atoms with Gasteiger partial charge in [0.05, 0.1) is 16.9 Å². The summed E-state index contributed by atoms with van der Waals surface area (Å²) in [5.74, 6) is -4.49. The van der Waals surface area contributed by atoms with E-state index in [1.54, 1.807) is 6.07 Å². The van der Waals surface area contributed by atoms with Gasteiger partial charge in [-0.15, -0.1) is 0 Å². The Balaban J connectivity index is 2.29. The average Bonchev–Trinajstić information content (AvgIpc) is 2.55. The Kier molecular flexibility index (Phi) is 4.02. The van der Waals surface area contributed by atoms with Crippen molar-refractivity contribution in [3.63, 3.8) is 0 Å². The summed E-state index contributed by atoms with van der Waals surface area (Å²) < 4.78 is 27.6. The fourth-order valence-corrected chi connectivity index (χ4v) is 2.44. The van der Waals surface area contributed by atoms with Crippen molar-refractivity contribution in [2.45, 2.75) is 0 Å². The van der Waals surface area contributed by atoms with Crippen LogP contribution in [0.5, 0.6) is 0 Å². The number of anilines is 2. The summed E-state index contributed by atoms with van der Waals surface area (Å²) in [6.45, 7) is 0. The highest BCUT2D eigenvalue weighted by Crippen LogP contribution is 2.32. The standard InChI is InChI=1S/C17H10F2N2O4/c18-8-5-10-14(21-13-4-2-1-3-9(13)16(22)23)11(17(24)25)7-20-15(10)12(19)6-8/h1-7H,(H,20,21)(H,22,23)(H,24,25). The zero-order valence-corrected chi connectivity index (χ0v) is 12.5. The molecular formula is C17H10F2N2O4. The number of benzene rings is 2. The highest BCUT2D eigenvalue weighted by atomic mass is 19.1. The summed E-state index contributed by atoms with van der Waals surface area (Å²) in [6.07, 6.45) is 0.928. The lowest BCUT2D eigenvalue weighted by Crippen LogP contribution is -2.08. The van der Waals surface area contributed by atoms with E-state index in [-0.39, 0.29) is 33.4 Å². The van der Waals surface area contributed by atoms with Crippen LogP contribution < -0.4 is 5.32 Å². The number of aromatic carboxylic acids is 2. The van der Waals surface area contributed by atoms with Crippen LogP contribution in [0, 0.1) is 11.6 Å². The third kappa shape index (κ3) is 2.97. The summed E-state index contributed by atoms with van der Waals surface area (Å²) in [5.41, 5.74) is -0.778. The van der Waals surface area contributed by atoms with Crippen LogP contribution in [0.3, 0.4) is 0 Å². The van der Waals surface area contributed by atoms with E-state index in [9.17, 15) is 28.6 Å². The summed E-state index contributed by atoms with van der Waals surface area (Å²) in [7, 11) is 0. The van der Waals surface area contributed by atoms with Crippen molar-refractivity contribution < 1.29 is 28.6 Å². The highest BCUT2D eigenvalue weighted by Gasteiger charge is 2.19. The van der Waals surface area contributed by atoms with Gasteiger partial charge in [0.1, 0.15) is 16.9 Å². The molecule has 0 saturated carbocycles. The molecule has 0 atom stereocenters. The monoisotopic (exact) mass is 344 g/mol. The number of nitrogens with one attached hydrogen (secondary N) is 1. The smallest absolute Gasteiger partial charge is 0.339 e. The highest BCUT2D eigenvalue weighted by molar-refractivity contribution is 6.06. The van der Waals surface area contributed by atoms with E-state index in [1.165, 1.54) is 18.2 Å². The van der Waals surface area contributed by atoms with E-state index >= 15 is 0 Å². The largest absolute Gasteiger partial charge is 0.478 e. The maximum Gasteiger partial charge on any atom is 0.339 e. The molecule has 3 N–H and O–H groups in total. The number of hydrogen-bond donors (Lipinski definition) is 3. The Hall–Kier alpha value is -3.55. The predicted molar refractivity (Wildman–Crippen MR) is 85.3 cm³/mol. The van der Waals surface area contributed by atoms with Crippen molar-refractivity contribution in [2.75, 3.05) is 5.32 Å². The first kappa shape index (κ1) is 16.3. The molecule has 2 aromatic carbocycles. The lowest BCUT2D eigenvalue weighted by atomic mass is 10.1. The van der Waals surface area contributed by atoms with Gasteiger partial charge in [0.25, 0.3) is 0 Å². The van der Waals surface area contributed by atoms with Gasteiger partial charge in [0.15, 0.2) is 5.82 Å². The normalized spacial score (nSPS) is 10.6. The van der Waals surface area contributed by atoms with E-state index in [1.807, 2.05) is 0 Å². The predicted octanol–water partition coefficient (Wildman–Crippen LogP) is 3.65. The van der Waals surface area contributed by atoms with Crippen molar-refractivity contribution in [3.8, 4) is 0 Å². The molecule has 0 aliphatic carbocycles. The first-order valence-corrected chi connectivity index (χ1v) is 6.99. The van der Waals surface area contributed by atoms with Crippen LogP contribution in [0.25, 0.3) is 10.9 Å². The number of hydrogen-bond acceptors (Lipinski definition) is 4. The van der Waals surface area contributed by atoms with Gasteiger partial charge in [0, 0.05) is 17.6 Å². The second kappa shape index (κ2) is 6.16. The average molecular weight is 344 g/mol. The van der Waals surface area contributed by atoms with Crippen LogP contribution in [0.15, 0.2) is 42.6 Å². The van der Waals surface area contributed by atoms with Gasteiger partial charge in [-0.2, -0.15) is 0 Å². The van der Waals surface area contributed by atoms with Crippen molar-refractivity contribution >= 4 is 34.2 Å². The molecule has 126 valence electrons. The van der Waals surface area contributed by atoms with E-state index in [0.29, 0.717) is 6.07 Å².